The Kier molecular flexibility index (Phi) is 12.5. The third-order valence-corrected chi connectivity index (χ3v) is 13.7. The first kappa shape index (κ1) is 45.0. The molecule has 18 heteroatoms. The molecular formula is C46H56F3N9O6. The Labute approximate surface area is 369 Å². The lowest BCUT2D eigenvalue weighted by molar-refractivity contribution is -0.141. The van der Waals surface area contributed by atoms with Gasteiger partial charge in [-0.25, -0.2) is 9.78 Å². The van der Waals surface area contributed by atoms with E-state index in [2.05, 4.69) is 32.3 Å². The number of amides is 5. The van der Waals surface area contributed by atoms with Crippen LogP contribution in [0, 0.1) is 5.41 Å². The van der Waals surface area contributed by atoms with Crippen LogP contribution >= 0.6 is 0 Å². The lowest BCUT2D eigenvalue weighted by Gasteiger charge is -2.48. The van der Waals surface area contributed by atoms with Crippen molar-refractivity contribution in [3.63, 3.8) is 0 Å². The number of aromatic nitrogens is 3. The van der Waals surface area contributed by atoms with Crippen molar-refractivity contribution in [2.24, 2.45) is 5.41 Å². The van der Waals surface area contributed by atoms with Crippen LogP contribution in [0.2, 0.25) is 0 Å². The zero-order valence-corrected chi connectivity index (χ0v) is 36.7. The van der Waals surface area contributed by atoms with Gasteiger partial charge in [0.05, 0.1) is 30.0 Å². The third-order valence-electron chi connectivity index (χ3n) is 13.7. The number of nitrogens with zero attached hydrogens (tertiary/aromatic N) is 7. The quantitative estimate of drug-likeness (QED) is 0.162. The number of ether oxygens (including phenoxy) is 1. The summed E-state index contributed by atoms with van der Waals surface area (Å²) < 4.78 is 47.3. The Hall–Kier alpha value is -5.59. The first-order valence-electron chi connectivity index (χ1n) is 22.1. The Morgan fingerprint density at radius 1 is 0.969 bits per heavy atom. The minimum Gasteiger partial charge on any atom is -0.495 e. The van der Waals surface area contributed by atoms with Crippen molar-refractivity contribution in [1.29, 1.82) is 0 Å². The van der Waals surface area contributed by atoms with E-state index < -0.39 is 29.4 Å². The van der Waals surface area contributed by atoms with E-state index in [0.29, 0.717) is 47.2 Å². The standard InChI is InChI=1S/C46H56F3N9O6/c1-29(55-20-13-45(14-21-55)15-22-56(23-16-45)42(61)30-8-9-38(64-4)37(25-30)57-19-12-40(59)52-43(57)62)27-54-17-10-32(11-18-54)58-28-31-24-36(33(44(2,3)63)26-35(31)53-58)51-41(60)34-6-5-7-39(50-34)46(47,48)49/h5-9,24-26,28-29,32,63H,10-23,27H2,1-4H3,(H,51,60)(H,52,59,62). The lowest BCUT2D eigenvalue weighted by Crippen LogP contribution is -2.52. The molecule has 1 spiro atoms. The van der Waals surface area contributed by atoms with Crippen molar-refractivity contribution in [2.45, 2.75) is 89.6 Å². The summed E-state index contributed by atoms with van der Waals surface area (Å²) in [5.41, 5.74) is -0.493. The Morgan fingerprint density at radius 2 is 1.67 bits per heavy atom. The number of aliphatic hydroxyl groups is 1. The maximum atomic E-state index is 13.7. The highest BCUT2D eigenvalue weighted by Crippen LogP contribution is 2.43. The van der Waals surface area contributed by atoms with Crippen LogP contribution in [0.15, 0.2) is 54.7 Å². The van der Waals surface area contributed by atoms with E-state index in [4.69, 9.17) is 9.84 Å². The van der Waals surface area contributed by atoms with E-state index in [1.165, 1.54) is 18.1 Å². The molecule has 4 aliphatic rings. The van der Waals surface area contributed by atoms with Gasteiger partial charge in [-0.3, -0.25) is 34.2 Å². The molecule has 4 aromatic rings. The van der Waals surface area contributed by atoms with Crippen LogP contribution < -0.4 is 20.3 Å². The minimum absolute atomic E-state index is 0.0737. The maximum absolute atomic E-state index is 13.7. The highest BCUT2D eigenvalue weighted by atomic mass is 19.4. The molecule has 15 nitrogen and oxygen atoms in total. The average Bonchev–Trinajstić information content (AvgIpc) is 3.69. The van der Waals surface area contributed by atoms with Crippen molar-refractivity contribution in [3.8, 4) is 5.75 Å². The molecule has 4 fully saturated rings. The molecule has 1 unspecified atom stereocenters. The maximum Gasteiger partial charge on any atom is 0.433 e. The number of fused-ring (bicyclic) bond motifs is 1. The first-order valence-corrected chi connectivity index (χ1v) is 22.1. The number of halogens is 3. The number of urea groups is 1. The number of anilines is 2. The van der Waals surface area contributed by atoms with Crippen LogP contribution in [0.3, 0.4) is 0 Å². The summed E-state index contributed by atoms with van der Waals surface area (Å²) in [4.78, 5) is 63.1. The highest BCUT2D eigenvalue weighted by Gasteiger charge is 2.40. The van der Waals surface area contributed by atoms with Crippen molar-refractivity contribution < 1.29 is 42.2 Å². The van der Waals surface area contributed by atoms with Gasteiger partial charge >= 0.3 is 12.2 Å². The number of piperidine rings is 3. The Morgan fingerprint density at radius 3 is 2.33 bits per heavy atom. The highest BCUT2D eigenvalue weighted by molar-refractivity contribution is 6.07. The molecule has 2 aromatic carbocycles. The van der Waals surface area contributed by atoms with Crippen LogP contribution in [-0.2, 0) is 16.6 Å². The second-order valence-corrected chi connectivity index (χ2v) is 18.3. The fourth-order valence-electron chi connectivity index (χ4n) is 9.78. The number of rotatable bonds is 10. The van der Waals surface area contributed by atoms with Gasteiger partial charge in [0.15, 0.2) is 0 Å². The van der Waals surface area contributed by atoms with Gasteiger partial charge in [-0.2, -0.15) is 18.3 Å². The number of pyridine rings is 1. The number of imide groups is 1. The van der Waals surface area contributed by atoms with Gasteiger partial charge in [0.1, 0.15) is 17.1 Å². The second kappa shape index (κ2) is 17.8. The molecule has 3 N–H and O–H groups in total. The smallest absolute Gasteiger partial charge is 0.433 e. The molecule has 0 bridgehead atoms. The molecule has 1 atom stereocenters. The normalized spacial score (nSPS) is 19.8. The van der Waals surface area contributed by atoms with Gasteiger partial charge in [-0.1, -0.05) is 6.07 Å². The third kappa shape index (κ3) is 9.59. The van der Waals surface area contributed by atoms with E-state index in [1.807, 2.05) is 15.8 Å². The summed E-state index contributed by atoms with van der Waals surface area (Å²) in [5.74, 6) is -0.764. The molecule has 2 aromatic heterocycles. The van der Waals surface area contributed by atoms with Crippen molar-refractivity contribution in [1.82, 2.24) is 34.8 Å². The molecule has 64 heavy (non-hydrogen) atoms. The number of hydrogen-bond donors (Lipinski definition) is 3. The molecule has 6 heterocycles. The van der Waals surface area contributed by atoms with Crippen molar-refractivity contribution in [3.05, 3.63) is 77.2 Å². The van der Waals surface area contributed by atoms with Crippen molar-refractivity contribution in [2.75, 3.05) is 69.7 Å². The zero-order valence-electron chi connectivity index (χ0n) is 36.7. The number of carbonyl (C=O) groups is 4. The SMILES string of the molecule is COc1ccc(C(=O)N2CCC3(CC2)CCN(C(C)CN2CCC(n4cc5cc(NC(=O)c6cccc(C(F)(F)F)n6)c(C(C)(C)O)cc5n4)CC2)CC3)cc1N1CCC(=O)NC1=O. The number of nitrogens with one attached hydrogen (secondary N) is 2. The number of alkyl halides is 3. The number of hydrogen-bond acceptors (Lipinski definition) is 10. The second-order valence-electron chi connectivity index (χ2n) is 18.3. The van der Waals surface area contributed by atoms with Crippen LogP contribution in [0.25, 0.3) is 10.9 Å². The molecule has 4 saturated heterocycles. The number of benzene rings is 2. The lowest BCUT2D eigenvalue weighted by atomic mass is 9.71. The number of methoxy groups -OCH3 is 1. The van der Waals surface area contributed by atoms with Crippen LogP contribution in [0.5, 0.6) is 5.75 Å². The van der Waals surface area contributed by atoms with Crippen LogP contribution in [0.4, 0.5) is 29.3 Å². The summed E-state index contributed by atoms with van der Waals surface area (Å²) in [7, 11) is 1.51. The van der Waals surface area contributed by atoms with Gasteiger partial charge in [0.25, 0.3) is 11.8 Å². The van der Waals surface area contributed by atoms with Gasteiger partial charge < -0.3 is 25.0 Å². The monoisotopic (exact) mass is 887 g/mol. The van der Waals surface area contributed by atoms with E-state index in [1.54, 1.807) is 44.2 Å². The molecule has 0 aliphatic carbocycles. The molecule has 0 radical (unpaired) electrons. The first-order chi connectivity index (χ1) is 30.4. The van der Waals surface area contributed by atoms with E-state index >= 15 is 0 Å². The number of likely N-dealkylation sites (tertiary alicyclic amines) is 3. The summed E-state index contributed by atoms with van der Waals surface area (Å²) in [6, 6.07) is 11.7. The van der Waals surface area contributed by atoms with Crippen LogP contribution in [-0.4, -0.2) is 124 Å². The molecule has 342 valence electrons. The molecule has 8 rings (SSSR count). The summed E-state index contributed by atoms with van der Waals surface area (Å²) >= 11 is 0. The fraction of sp³-hybridized carbons (Fsp3) is 0.522. The topological polar surface area (TPSA) is 165 Å². The van der Waals surface area contributed by atoms with Gasteiger partial charge in [-0.05, 0) is 120 Å². The molecule has 0 saturated carbocycles. The predicted molar refractivity (Wildman–Crippen MR) is 233 cm³/mol. The summed E-state index contributed by atoms with van der Waals surface area (Å²) in [6.07, 6.45) is 3.27. The van der Waals surface area contributed by atoms with E-state index in [9.17, 15) is 37.5 Å². The van der Waals surface area contributed by atoms with Gasteiger partial charge in [-0.15, -0.1) is 0 Å². The zero-order chi connectivity index (χ0) is 45.6. The Balaban J connectivity index is 0.821. The molecule has 4 aliphatic heterocycles. The molecule has 5 amide bonds. The van der Waals surface area contributed by atoms with E-state index in [0.717, 1.165) is 88.8 Å². The largest absolute Gasteiger partial charge is 0.495 e. The minimum atomic E-state index is -4.70. The average molecular weight is 888 g/mol. The predicted octanol–water partition coefficient (Wildman–Crippen LogP) is 6.43. The van der Waals surface area contributed by atoms with Gasteiger partial charge in [0.2, 0.25) is 5.91 Å². The fourth-order valence-corrected chi connectivity index (χ4v) is 9.78. The molecular weight excluding hydrogens is 832 g/mol. The Bertz CT molecular complexity index is 2410. The van der Waals surface area contributed by atoms with Crippen LogP contribution in [0.1, 0.15) is 104 Å². The van der Waals surface area contributed by atoms with E-state index in [-0.39, 0.29) is 47.6 Å². The summed E-state index contributed by atoms with van der Waals surface area (Å²) in [6.45, 7) is 11.8. The van der Waals surface area contributed by atoms with Gasteiger partial charge in [0, 0.05) is 80.1 Å². The summed E-state index contributed by atoms with van der Waals surface area (Å²) in [5, 5.41) is 21.6. The number of carbonyl (C=O) groups excluding carboxylic acids is 4. The van der Waals surface area contributed by atoms with Crippen molar-refractivity contribution >= 4 is 46.0 Å².